The molecule has 112 valence electrons. The highest BCUT2D eigenvalue weighted by atomic mass is 19.1. The molecular formula is C14H21FN2O3. The number of nitrogens with one attached hydrogen (secondary N) is 1. The van der Waals surface area contributed by atoms with Crippen LogP contribution in [0, 0.1) is 5.82 Å². The zero-order chi connectivity index (χ0) is 15.3. The normalized spacial score (nSPS) is 12.2. The molecule has 0 spiro atoms. The zero-order valence-corrected chi connectivity index (χ0v) is 12.2. The smallest absolute Gasteiger partial charge is 0.322 e. The summed E-state index contributed by atoms with van der Waals surface area (Å²) < 4.78 is 18.8. The number of amides is 2. The monoisotopic (exact) mass is 284 g/mol. The first-order valence-corrected chi connectivity index (χ1v) is 6.46. The van der Waals surface area contributed by atoms with Crippen LogP contribution in [-0.4, -0.2) is 41.8 Å². The van der Waals surface area contributed by atoms with Crippen molar-refractivity contribution in [3.05, 3.63) is 24.0 Å². The van der Waals surface area contributed by atoms with Crippen LogP contribution in [0.3, 0.4) is 0 Å². The van der Waals surface area contributed by atoms with Crippen molar-refractivity contribution in [1.29, 1.82) is 0 Å². The highest BCUT2D eigenvalue weighted by Crippen LogP contribution is 2.26. The Kier molecular flexibility index (Phi) is 5.76. The van der Waals surface area contributed by atoms with Gasteiger partial charge in [0, 0.05) is 13.1 Å². The first-order chi connectivity index (χ1) is 9.35. The molecule has 1 atom stereocenters. The summed E-state index contributed by atoms with van der Waals surface area (Å²) in [6.07, 6.45) is -0.0924. The first-order valence-electron chi connectivity index (χ1n) is 6.46. The molecular weight excluding hydrogens is 263 g/mol. The summed E-state index contributed by atoms with van der Waals surface area (Å²) in [6.45, 7) is 5.24. The molecule has 0 aromatic heterocycles. The lowest BCUT2D eigenvalue weighted by molar-refractivity contribution is 0.166. The fraction of sp³-hybridized carbons (Fsp3) is 0.500. The number of rotatable bonds is 5. The van der Waals surface area contributed by atoms with Crippen molar-refractivity contribution in [1.82, 2.24) is 4.90 Å². The Hall–Kier alpha value is -1.82. The third-order valence-corrected chi connectivity index (χ3v) is 2.79. The summed E-state index contributed by atoms with van der Waals surface area (Å²) in [5, 5.41) is 11.6. The fourth-order valence-electron chi connectivity index (χ4n) is 1.48. The van der Waals surface area contributed by atoms with Crippen LogP contribution in [0.4, 0.5) is 14.9 Å². The van der Waals surface area contributed by atoms with Gasteiger partial charge in [0.25, 0.3) is 0 Å². The molecule has 0 radical (unpaired) electrons. The van der Waals surface area contributed by atoms with Gasteiger partial charge in [-0.1, -0.05) is 0 Å². The molecule has 0 aliphatic rings. The summed E-state index contributed by atoms with van der Waals surface area (Å²) in [7, 11) is 1.55. The second kappa shape index (κ2) is 7.09. The lowest BCUT2D eigenvalue weighted by Crippen LogP contribution is -2.40. The zero-order valence-electron chi connectivity index (χ0n) is 12.2. The van der Waals surface area contributed by atoms with Crippen molar-refractivity contribution in [2.75, 3.05) is 19.0 Å². The molecule has 2 N–H and O–H groups in total. The standard InChI is InChI=1S/C14H21FN2O3/c1-9(2)20-13-6-5-11(15)7-12(13)16-14(19)17(4)10(3)8-18/h5-7,9-10,18H,8H2,1-4H3,(H,16,19). The minimum atomic E-state index is -0.464. The Morgan fingerprint density at radius 3 is 2.65 bits per heavy atom. The lowest BCUT2D eigenvalue weighted by atomic mass is 10.2. The molecule has 0 bridgehead atoms. The van der Waals surface area contributed by atoms with Gasteiger partial charge in [-0.25, -0.2) is 9.18 Å². The number of likely N-dealkylation sites (N-methyl/N-ethyl adjacent to an activating group) is 1. The molecule has 1 rings (SSSR count). The van der Waals surface area contributed by atoms with Gasteiger partial charge in [-0.05, 0) is 32.9 Å². The molecule has 0 heterocycles. The maximum atomic E-state index is 13.3. The average Bonchev–Trinajstić information content (AvgIpc) is 2.39. The van der Waals surface area contributed by atoms with Gasteiger partial charge in [-0.3, -0.25) is 0 Å². The summed E-state index contributed by atoms with van der Waals surface area (Å²) in [6, 6.07) is 3.17. The third-order valence-electron chi connectivity index (χ3n) is 2.79. The highest BCUT2D eigenvalue weighted by Gasteiger charge is 2.17. The number of ether oxygens (including phenoxy) is 1. The van der Waals surface area contributed by atoms with Gasteiger partial charge in [0.05, 0.1) is 24.4 Å². The van der Waals surface area contributed by atoms with Crippen LogP contribution in [0.1, 0.15) is 20.8 Å². The molecule has 0 fully saturated rings. The van der Waals surface area contributed by atoms with Gasteiger partial charge >= 0.3 is 6.03 Å². The quantitative estimate of drug-likeness (QED) is 0.873. The van der Waals surface area contributed by atoms with E-state index in [1.54, 1.807) is 14.0 Å². The van der Waals surface area contributed by atoms with E-state index in [2.05, 4.69) is 5.32 Å². The molecule has 1 aromatic carbocycles. The van der Waals surface area contributed by atoms with Crippen LogP contribution in [0.2, 0.25) is 0 Å². The van der Waals surface area contributed by atoms with Gasteiger partial charge < -0.3 is 20.1 Å². The van der Waals surface area contributed by atoms with Crippen molar-refractivity contribution < 1.29 is 19.0 Å². The van der Waals surface area contributed by atoms with E-state index in [1.807, 2.05) is 13.8 Å². The number of carbonyl (C=O) groups excluding carboxylic acids is 1. The number of aliphatic hydroxyl groups is 1. The summed E-state index contributed by atoms with van der Waals surface area (Å²) in [5.74, 6) is -0.0610. The number of carbonyl (C=O) groups is 1. The van der Waals surface area contributed by atoms with E-state index in [0.29, 0.717) is 5.75 Å². The summed E-state index contributed by atoms with van der Waals surface area (Å²) >= 11 is 0. The molecule has 0 saturated heterocycles. The van der Waals surface area contributed by atoms with E-state index in [0.717, 1.165) is 0 Å². The molecule has 0 aliphatic carbocycles. The molecule has 1 aromatic rings. The highest BCUT2D eigenvalue weighted by molar-refractivity contribution is 5.91. The van der Waals surface area contributed by atoms with Gasteiger partial charge in [-0.2, -0.15) is 0 Å². The summed E-state index contributed by atoms with van der Waals surface area (Å²) in [5.41, 5.74) is 0.265. The SMILES string of the molecule is CC(C)Oc1ccc(F)cc1NC(=O)N(C)C(C)CO. The van der Waals surface area contributed by atoms with E-state index in [1.165, 1.54) is 23.1 Å². The second-order valence-corrected chi connectivity index (χ2v) is 4.88. The number of hydrogen-bond acceptors (Lipinski definition) is 3. The van der Waals surface area contributed by atoms with E-state index < -0.39 is 11.8 Å². The van der Waals surface area contributed by atoms with Crippen LogP contribution >= 0.6 is 0 Å². The van der Waals surface area contributed by atoms with E-state index in [9.17, 15) is 9.18 Å². The molecule has 6 heteroatoms. The maximum absolute atomic E-state index is 13.3. The molecule has 0 saturated carbocycles. The minimum Gasteiger partial charge on any atom is -0.489 e. The van der Waals surface area contributed by atoms with Gasteiger partial charge in [0.2, 0.25) is 0 Å². The molecule has 5 nitrogen and oxygen atoms in total. The number of halogens is 1. The minimum absolute atomic E-state index is 0.0924. The van der Waals surface area contributed by atoms with Crippen LogP contribution < -0.4 is 10.1 Å². The summed E-state index contributed by atoms with van der Waals surface area (Å²) in [4.78, 5) is 13.3. The Bertz CT molecular complexity index is 466. The topological polar surface area (TPSA) is 61.8 Å². The fourth-order valence-corrected chi connectivity index (χ4v) is 1.48. The number of hydrogen-bond donors (Lipinski definition) is 2. The van der Waals surface area contributed by atoms with Crippen LogP contribution in [0.15, 0.2) is 18.2 Å². The number of aliphatic hydroxyl groups excluding tert-OH is 1. The van der Waals surface area contributed by atoms with Crippen molar-refractivity contribution >= 4 is 11.7 Å². The Labute approximate surface area is 118 Å². The average molecular weight is 284 g/mol. The molecule has 1 unspecified atom stereocenters. The van der Waals surface area contributed by atoms with Crippen molar-refractivity contribution in [2.45, 2.75) is 32.9 Å². The van der Waals surface area contributed by atoms with Crippen molar-refractivity contribution in [3.8, 4) is 5.75 Å². The number of benzene rings is 1. The number of anilines is 1. The number of nitrogens with zero attached hydrogens (tertiary/aromatic N) is 1. The Morgan fingerprint density at radius 1 is 1.45 bits per heavy atom. The predicted octanol–water partition coefficient (Wildman–Crippen LogP) is 2.46. The predicted molar refractivity (Wildman–Crippen MR) is 75.5 cm³/mol. The van der Waals surface area contributed by atoms with Crippen LogP contribution in [-0.2, 0) is 0 Å². The largest absolute Gasteiger partial charge is 0.489 e. The van der Waals surface area contributed by atoms with E-state index in [-0.39, 0.29) is 24.4 Å². The number of urea groups is 1. The molecule has 0 aliphatic heterocycles. The van der Waals surface area contributed by atoms with E-state index >= 15 is 0 Å². The van der Waals surface area contributed by atoms with Crippen LogP contribution in [0.25, 0.3) is 0 Å². The maximum Gasteiger partial charge on any atom is 0.322 e. The van der Waals surface area contributed by atoms with Crippen molar-refractivity contribution in [2.24, 2.45) is 0 Å². The first kappa shape index (κ1) is 16.2. The second-order valence-electron chi connectivity index (χ2n) is 4.88. The third kappa shape index (κ3) is 4.38. The van der Waals surface area contributed by atoms with Crippen LogP contribution in [0.5, 0.6) is 5.75 Å². The van der Waals surface area contributed by atoms with Gasteiger partial charge in [0.15, 0.2) is 0 Å². The van der Waals surface area contributed by atoms with Crippen molar-refractivity contribution in [3.63, 3.8) is 0 Å². The molecule has 20 heavy (non-hydrogen) atoms. The van der Waals surface area contributed by atoms with Gasteiger partial charge in [-0.15, -0.1) is 0 Å². The molecule has 2 amide bonds. The van der Waals surface area contributed by atoms with Gasteiger partial charge in [0.1, 0.15) is 11.6 Å². The lowest BCUT2D eigenvalue weighted by Gasteiger charge is -2.24. The Morgan fingerprint density at radius 2 is 2.10 bits per heavy atom. The van der Waals surface area contributed by atoms with E-state index in [4.69, 9.17) is 9.84 Å². The Balaban J connectivity index is 2.90.